The fraction of sp³-hybridized carbons (Fsp3) is 0.706. The third-order valence-corrected chi connectivity index (χ3v) is 5.60. The topological polar surface area (TPSA) is 42.0 Å². The van der Waals surface area contributed by atoms with Crippen molar-refractivity contribution in [2.24, 2.45) is 0 Å². The number of likely N-dealkylation sites (N-methyl/N-ethyl adjacent to an activating group) is 1. The second kappa shape index (κ2) is 7.30. The van der Waals surface area contributed by atoms with E-state index in [-0.39, 0.29) is 24.2 Å². The zero-order valence-corrected chi connectivity index (χ0v) is 14.8. The molecule has 23 heavy (non-hydrogen) atoms. The van der Waals surface area contributed by atoms with Crippen LogP contribution in [0.2, 0.25) is 0 Å². The molecule has 1 atom stereocenters. The number of rotatable bonds is 5. The quantitative estimate of drug-likeness (QED) is 0.823. The van der Waals surface area contributed by atoms with Crippen LogP contribution in [0, 0.1) is 0 Å². The van der Waals surface area contributed by atoms with Crippen molar-refractivity contribution in [1.29, 1.82) is 0 Å². The highest BCUT2D eigenvalue weighted by Crippen LogP contribution is 2.37. The van der Waals surface area contributed by atoms with Crippen molar-refractivity contribution >= 4 is 17.2 Å². The van der Waals surface area contributed by atoms with Crippen LogP contribution in [0.1, 0.15) is 24.8 Å². The summed E-state index contributed by atoms with van der Waals surface area (Å²) in [5.74, 6) is 0.0107. The predicted octanol–water partition coefficient (Wildman–Crippen LogP) is 1.98. The van der Waals surface area contributed by atoms with E-state index in [1.54, 1.807) is 30.3 Å². The molecule has 6 heteroatoms. The van der Waals surface area contributed by atoms with Crippen molar-refractivity contribution in [1.82, 2.24) is 9.80 Å². The lowest BCUT2D eigenvalue weighted by Gasteiger charge is -2.38. The number of carbonyl (C=O) groups is 1. The largest absolute Gasteiger partial charge is 0.372 e. The first-order chi connectivity index (χ1) is 11.1. The van der Waals surface area contributed by atoms with Gasteiger partial charge < -0.3 is 14.4 Å². The Balaban J connectivity index is 1.43. The highest BCUT2D eigenvalue weighted by Gasteiger charge is 2.43. The van der Waals surface area contributed by atoms with Gasteiger partial charge in [0.05, 0.1) is 18.3 Å². The van der Waals surface area contributed by atoms with Crippen LogP contribution in [-0.2, 0) is 20.8 Å². The van der Waals surface area contributed by atoms with E-state index in [9.17, 15) is 4.79 Å². The van der Waals surface area contributed by atoms with Gasteiger partial charge in [-0.05, 0) is 35.2 Å². The van der Waals surface area contributed by atoms with Crippen LogP contribution in [0.5, 0.6) is 0 Å². The molecule has 0 aliphatic carbocycles. The Morgan fingerprint density at radius 2 is 2.26 bits per heavy atom. The number of piperidine rings is 1. The van der Waals surface area contributed by atoms with Crippen LogP contribution in [-0.4, -0.2) is 67.8 Å². The molecular weight excluding hydrogens is 312 g/mol. The predicted molar refractivity (Wildman–Crippen MR) is 90.6 cm³/mol. The van der Waals surface area contributed by atoms with Crippen molar-refractivity contribution in [3.8, 4) is 0 Å². The maximum Gasteiger partial charge on any atom is 0.248 e. The van der Waals surface area contributed by atoms with Gasteiger partial charge in [-0.1, -0.05) is 0 Å². The zero-order valence-electron chi connectivity index (χ0n) is 14.0. The minimum absolute atomic E-state index is 0.0107. The SMILES string of the molecule is CN(C)C(=O)COC1COC2(CCN(Cc3ccsc3)CC2)C1. The molecule has 5 nitrogen and oxygen atoms in total. The van der Waals surface area contributed by atoms with Crippen molar-refractivity contribution in [2.75, 3.05) is 40.4 Å². The Morgan fingerprint density at radius 1 is 1.48 bits per heavy atom. The van der Waals surface area contributed by atoms with Gasteiger partial charge in [-0.15, -0.1) is 0 Å². The van der Waals surface area contributed by atoms with Gasteiger partial charge >= 0.3 is 0 Å². The fourth-order valence-electron chi connectivity index (χ4n) is 3.34. The van der Waals surface area contributed by atoms with E-state index >= 15 is 0 Å². The summed E-state index contributed by atoms with van der Waals surface area (Å²) in [4.78, 5) is 15.7. The van der Waals surface area contributed by atoms with E-state index in [4.69, 9.17) is 9.47 Å². The molecule has 2 fully saturated rings. The molecule has 1 unspecified atom stereocenters. The van der Waals surface area contributed by atoms with Crippen molar-refractivity contribution < 1.29 is 14.3 Å². The molecule has 0 saturated carbocycles. The standard InChI is InChI=1S/C17H26N2O3S/c1-18(2)16(20)12-21-15-9-17(22-11-15)4-6-19(7-5-17)10-14-3-8-23-13-14/h3,8,13,15H,4-7,9-12H2,1-2H3. The molecule has 3 rings (SSSR count). The minimum atomic E-state index is -0.0308. The highest BCUT2D eigenvalue weighted by atomic mass is 32.1. The van der Waals surface area contributed by atoms with Crippen LogP contribution in [0.4, 0.5) is 0 Å². The van der Waals surface area contributed by atoms with Gasteiger partial charge in [0.15, 0.2) is 0 Å². The molecule has 0 radical (unpaired) electrons. The van der Waals surface area contributed by atoms with Gasteiger partial charge in [0.1, 0.15) is 6.61 Å². The number of likely N-dealkylation sites (tertiary alicyclic amines) is 1. The van der Waals surface area contributed by atoms with Crippen LogP contribution in [0.25, 0.3) is 0 Å². The smallest absolute Gasteiger partial charge is 0.248 e. The molecule has 2 aliphatic heterocycles. The summed E-state index contributed by atoms with van der Waals surface area (Å²) in [5.41, 5.74) is 1.37. The Morgan fingerprint density at radius 3 is 2.91 bits per heavy atom. The van der Waals surface area contributed by atoms with E-state index < -0.39 is 0 Å². The number of hydrogen-bond donors (Lipinski definition) is 0. The lowest BCUT2D eigenvalue weighted by molar-refractivity contribution is -0.135. The molecule has 1 aromatic rings. The number of thiophene rings is 1. The molecule has 0 aromatic carbocycles. The number of ether oxygens (including phenoxy) is 2. The summed E-state index contributed by atoms with van der Waals surface area (Å²) in [7, 11) is 3.50. The summed E-state index contributed by atoms with van der Waals surface area (Å²) in [6.07, 6.45) is 3.08. The van der Waals surface area contributed by atoms with E-state index in [1.807, 2.05) is 0 Å². The minimum Gasteiger partial charge on any atom is -0.372 e. The molecule has 0 N–H and O–H groups in total. The average molecular weight is 338 g/mol. The van der Waals surface area contributed by atoms with Crippen LogP contribution >= 0.6 is 11.3 Å². The molecule has 1 amide bonds. The summed E-state index contributed by atoms with van der Waals surface area (Å²) >= 11 is 1.76. The fourth-order valence-corrected chi connectivity index (χ4v) is 4.00. The Hall–Kier alpha value is -0.950. The third-order valence-electron chi connectivity index (χ3n) is 4.87. The van der Waals surface area contributed by atoms with Gasteiger partial charge in [0.25, 0.3) is 0 Å². The lowest BCUT2D eigenvalue weighted by atomic mass is 9.88. The number of hydrogen-bond acceptors (Lipinski definition) is 5. The van der Waals surface area contributed by atoms with Gasteiger partial charge in [-0.3, -0.25) is 9.69 Å². The first-order valence-corrected chi connectivity index (χ1v) is 9.20. The van der Waals surface area contributed by atoms with Crippen LogP contribution in [0.15, 0.2) is 16.8 Å². The maximum atomic E-state index is 11.6. The summed E-state index contributed by atoms with van der Waals surface area (Å²) in [6.45, 7) is 3.95. The van der Waals surface area contributed by atoms with Gasteiger partial charge in [-0.2, -0.15) is 11.3 Å². The number of amides is 1. The summed E-state index contributed by atoms with van der Waals surface area (Å²) < 4.78 is 11.8. The Labute approximate surface area is 142 Å². The molecule has 1 spiro atoms. The monoisotopic (exact) mass is 338 g/mol. The van der Waals surface area contributed by atoms with Crippen molar-refractivity contribution in [2.45, 2.75) is 37.5 Å². The normalized spacial score (nSPS) is 24.2. The zero-order chi connectivity index (χ0) is 16.3. The Bertz CT molecular complexity index is 510. The van der Waals surface area contributed by atoms with E-state index in [0.29, 0.717) is 6.61 Å². The second-order valence-corrected chi connectivity index (χ2v) is 7.61. The average Bonchev–Trinajstić information content (AvgIpc) is 3.18. The van der Waals surface area contributed by atoms with E-state index in [1.165, 1.54) is 5.56 Å². The molecule has 2 aliphatic rings. The van der Waals surface area contributed by atoms with Gasteiger partial charge in [-0.25, -0.2) is 0 Å². The maximum absolute atomic E-state index is 11.6. The van der Waals surface area contributed by atoms with Crippen LogP contribution < -0.4 is 0 Å². The molecule has 128 valence electrons. The summed E-state index contributed by atoms with van der Waals surface area (Å²) in [5, 5.41) is 4.36. The van der Waals surface area contributed by atoms with Gasteiger partial charge in [0, 0.05) is 40.2 Å². The molecule has 2 saturated heterocycles. The van der Waals surface area contributed by atoms with E-state index in [0.717, 1.165) is 38.9 Å². The Kier molecular flexibility index (Phi) is 5.36. The highest BCUT2D eigenvalue weighted by molar-refractivity contribution is 7.07. The third kappa shape index (κ3) is 4.32. The molecular formula is C17H26N2O3S. The van der Waals surface area contributed by atoms with Crippen molar-refractivity contribution in [3.05, 3.63) is 22.4 Å². The molecule has 1 aromatic heterocycles. The second-order valence-electron chi connectivity index (χ2n) is 6.83. The van der Waals surface area contributed by atoms with Gasteiger partial charge in [0.2, 0.25) is 5.91 Å². The number of nitrogens with zero attached hydrogens (tertiary/aromatic N) is 2. The van der Waals surface area contributed by atoms with E-state index in [2.05, 4.69) is 21.7 Å². The first kappa shape index (κ1) is 16.9. The van der Waals surface area contributed by atoms with Crippen molar-refractivity contribution in [3.63, 3.8) is 0 Å². The molecule has 3 heterocycles. The molecule has 0 bridgehead atoms. The first-order valence-electron chi connectivity index (χ1n) is 8.25. The van der Waals surface area contributed by atoms with Crippen LogP contribution in [0.3, 0.4) is 0 Å². The number of carbonyl (C=O) groups excluding carboxylic acids is 1. The lowest BCUT2D eigenvalue weighted by Crippen LogP contribution is -2.43. The summed E-state index contributed by atoms with van der Waals surface area (Å²) in [6, 6.07) is 2.20.